The number of carbonyl (C=O) groups excluding carboxylic acids is 1. The van der Waals surface area contributed by atoms with Gasteiger partial charge in [-0.3, -0.25) is 9.69 Å². The van der Waals surface area contributed by atoms with Crippen molar-refractivity contribution in [3.63, 3.8) is 0 Å². The van der Waals surface area contributed by atoms with Crippen LogP contribution in [-0.4, -0.2) is 77.6 Å². The van der Waals surface area contributed by atoms with E-state index in [2.05, 4.69) is 6.58 Å². The standard InChI is InChI=1S/C12H21N3O3/c1-4-5-13(3)12(18)15-8-6-14(7-9-15)10(2)11(16)17/h4,10H,1,5-9H2,2-3H3,(H,16,17). The molecular formula is C12H21N3O3. The van der Waals surface area contributed by atoms with Gasteiger partial charge in [-0.25, -0.2) is 4.79 Å². The van der Waals surface area contributed by atoms with Crippen molar-refractivity contribution in [1.29, 1.82) is 0 Å². The number of hydrogen-bond acceptors (Lipinski definition) is 3. The Morgan fingerprint density at radius 3 is 2.39 bits per heavy atom. The fourth-order valence-corrected chi connectivity index (χ4v) is 1.97. The minimum Gasteiger partial charge on any atom is -0.480 e. The summed E-state index contributed by atoms with van der Waals surface area (Å²) in [5.74, 6) is -0.821. The number of aliphatic carboxylic acids is 1. The first-order valence-electron chi connectivity index (χ1n) is 6.05. The van der Waals surface area contributed by atoms with Crippen LogP contribution in [-0.2, 0) is 4.79 Å². The summed E-state index contributed by atoms with van der Waals surface area (Å²) in [6, 6.07) is -0.523. The van der Waals surface area contributed by atoms with Crippen LogP contribution in [0.25, 0.3) is 0 Å². The highest BCUT2D eigenvalue weighted by atomic mass is 16.4. The highest BCUT2D eigenvalue weighted by molar-refractivity contribution is 5.75. The van der Waals surface area contributed by atoms with Gasteiger partial charge in [-0.1, -0.05) is 6.08 Å². The number of rotatable bonds is 4. The smallest absolute Gasteiger partial charge is 0.320 e. The molecule has 0 aromatic carbocycles. The van der Waals surface area contributed by atoms with E-state index in [1.54, 1.807) is 29.8 Å². The van der Waals surface area contributed by atoms with Crippen molar-refractivity contribution >= 4 is 12.0 Å². The lowest BCUT2D eigenvalue weighted by atomic mass is 10.2. The second kappa shape index (κ2) is 6.39. The van der Waals surface area contributed by atoms with E-state index in [9.17, 15) is 9.59 Å². The van der Waals surface area contributed by atoms with Crippen molar-refractivity contribution in [2.45, 2.75) is 13.0 Å². The number of carboxylic acid groups (broad SMARTS) is 1. The number of carbonyl (C=O) groups is 2. The van der Waals surface area contributed by atoms with E-state index >= 15 is 0 Å². The van der Waals surface area contributed by atoms with E-state index in [0.717, 1.165) is 0 Å². The Labute approximate surface area is 107 Å². The lowest BCUT2D eigenvalue weighted by Gasteiger charge is -2.37. The first-order chi connectivity index (χ1) is 8.47. The lowest BCUT2D eigenvalue weighted by Crippen LogP contribution is -2.55. The van der Waals surface area contributed by atoms with E-state index in [1.807, 2.05) is 4.90 Å². The molecule has 0 saturated carbocycles. The van der Waals surface area contributed by atoms with Gasteiger partial charge in [-0.2, -0.15) is 0 Å². The molecule has 6 heteroatoms. The molecule has 1 N–H and O–H groups in total. The summed E-state index contributed by atoms with van der Waals surface area (Å²) in [6.45, 7) is 8.12. The van der Waals surface area contributed by atoms with Crippen molar-refractivity contribution in [3.8, 4) is 0 Å². The first kappa shape index (κ1) is 14.5. The molecule has 18 heavy (non-hydrogen) atoms. The number of urea groups is 1. The van der Waals surface area contributed by atoms with E-state index in [0.29, 0.717) is 32.7 Å². The molecule has 1 saturated heterocycles. The molecule has 0 spiro atoms. The number of carboxylic acids is 1. The van der Waals surface area contributed by atoms with Crippen LogP contribution < -0.4 is 0 Å². The van der Waals surface area contributed by atoms with Crippen molar-refractivity contribution in [3.05, 3.63) is 12.7 Å². The maximum atomic E-state index is 12.0. The maximum Gasteiger partial charge on any atom is 0.320 e. The van der Waals surface area contributed by atoms with E-state index in [-0.39, 0.29) is 6.03 Å². The monoisotopic (exact) mass is 255 g/mol. The summed E-state index contributed by atoms with van der Waals surface area (Å²) in [7, 11) is 1.73. The van der Waals surface area contributed by atoms with Crippen LogP contribution in [0.4, 0.5) is 4.79 Å². The number of likely N-dealkylation sites (N-methyl/N-ethyl adjacent to an activating group) is 1. The van der Waals surface area contributed by atoms with E-state index in [4.69, 9.17) is 5.11 Å². The highest BCUT2D eigenvalue weighted by Crippen LogP contribution is 2.08. The van der Waals surface area contributed by atoms with Gasteiger partial charge < -0.3 is 14.9 Å². The van der Waals surface area contributed by atoms with Crippen LogP contribution in [0.5, 0.6) is 0 Å². The Hall–Kier alpha value is -1.56. The Morgan fingerprint density at radius 1 is 1.39 bits per heavy atom. The van der Waals surface area contributed by atoms with Gasteiger partial charge in [0.05, 0.1) is 0 Å². The van der Waals surface area contributed by atoms with Gasteiger partial charge in [0.25, 0.3) is 0 Å². The van der Waals surface area contributed by atoms with E-state index < -0.39 is 12.0 Å². The van der Waals surface area contributed by atoms with Crippen molar-refractivity contribution in [2.75, 3.05) is 39.8 Å². The number of amides is 2. The predicted octanol–water partition coefficient (Wildman–Crippen LogP) is 0.315. The van der Waals surface area contributed by atoms with Crippen molar-refractivity contribution in [1.82, 2.24) is 14.7 Å². The Balaban J connectivity index is 2.46. The summed E-state index contributed by atoms with van der Waals surface area (Å²) < 4.78 is 0. The number of hydrogen-bond donors (Lipinski definition) is 1. The lowest BCUT2D eigenvalue weighted by molar-refractivity contribution is -0.143. The van der Waals surface area contributed by atoms with Crippen LogP contribution >= 0.6 is 0 Å². The highest BCUT2D eigenvalue weighted by Gasteiger charge is 2.27. The molecule has 1 unspecified atom stereocenters. The third-order valence-corrected chi connectivity index (χ3v) is 3.22. The predicted molar refractivity (Wildman–Crippen MR) is 68.5 cm³/mol. The second-order valence-electron chi connectivity index (χ2n) is 4.49. The molecule has 0 radical (unpaired) electrons. The molecule has 102 valence electrons. The quantitative estimate of drug-likeness (QED) is 0.735. The Kier molecular flexibility index (Phi) is 5.15. The second-order valence-corrected chi connectivity index (χ2v) is 4.49. The average molecular weight is 255 g/mol. The minimum atomic E-state index is -0.821. The summed E-state index contributed by atoms with van der Waals surface area (Å²) in [5.41, 5.74) is 0. The fourth-order valence-electron chi connectivity index (χ4n) is 1.97. The van der Waals surface area contributed by atoms with Gasteiger partial charge in [0.2, 0.25) is 0 Å². The molecule has 0 aromatic rings. The number of piperazine rings is 1. The molecule has 0 bridgehead atoms. The van der Waals surface area contributed by atoms with Crippen molar-refractivity contribution < 1.29 is 14.7 Å². The molecule has 1 rings (SSSR count). The van der Waals surface area contributed by atoms with Crippen LogP contribution in [0.1, 0.15) is 6.92 Å². The summed E-state index contributed by atoms with van der Waals surface area (Å²) in [5, 5.41) is 8.93. The molecule has 1 aliphatic rings. The van der Waals surface area contributed by atoms with Gasteiger partial charge in [-0.15, -0.1) is 6.58 Å². The van der Waals surface area contributed by atoms with Gasteiger partial charge >= 0.3 is 12.0 Å². The van der Waals surface area contributed by atoms with Crippen LogP contribution in [0.2, 0.25) is 0 Å². The average Bonchev–Trinajstić information content (AvgIpc) is 2.37. The minimum absolute atomic E-state index is 0.0301. The summed E-state index contributed by atoms with van der Waals surface area (Å²) in [6.07, 6.45) is 1.68. The molecule has 0 aromatic heterocycles. The molecule has 1 fully saturated rings. The van der Waals surface area contributed by atoms with Crippen LogP contribution in [0, 0.1) is 0 Å². The third-order valence-electron chi connectivity index (χ3n) is 3.22. The summed E-state index contributed by atoms with van der Waals surface area (Å²) >= 11 is 0. The SMILES string of the molecule is C=CCN(C)C(=O)N1CCN(C(C)C(=O)O)CC1. The molecule has 0 aliphatic carbocycles. The number of nitrogens with zero attached hydrogens (tertiary/aromatic N) is 3. The summed E-state index contributed by atoms with van der Waals surface area (Å²) in [4.78, 5) is 28.1. The third kappa shape index (κ3) is 3.46. The molecule has 1 aliphatic heterocycles. The topological polar surface area (TPSA) is 64.1 Å². The zero-order valence-corrected chi connectivity index (χ0v) is 11.0. The van der Waals surface area contributed by atoms with Crippen LogP contribution in [0.15, 0.2) is 12.7 Å². The van der Waals surface area contributed by atoms with Crippen LogP contribution in [0.3, 0.4) is 0 Å². The molecule has 2 amide bonds. The molecule has 1 heterocycles. The van der Waals surface area contributed by atoms with Gasteiger partial charge in [0.15, 0.2) is 0 Å². The fraction of sp³-hybridized carbons (Fsp3) is 0.667. The first-order valence-corrected chi connectivity index (χ1v) is 6.05. The van der Waals surface area contributed by atoms with Gasteiger partial charge in [0, 0.05) is 39.8 Å². The van der Waals surface area contributed by atoms with Crippen molar-refractivity contribution in [2.24, 2.45) is 0 Å². The Morgan fingerprint density at radius 2 is 1.94 bits per heavy atom. The van der Waals surface area contributed by atoms with Gasteiger partial charge in [0.1, 0.15) is 6.04 Å². The Bertz CT molecular complexity index is 325. The molecule has 6 nitrogen and oxygen atoms in total. The largest absolute Gasteiger partial charge is 0.480 e. The maximum absolute atomic E-state index is 12.0. The van der Waals surface area contributed by atoms with E-state index in [1.165, 1.54) is 0 Å². The normalized spacial score (nSPS) is 18.2. The molecular weight excluding hydrogens is 234 g/mol. The van der Waals surface area contributed by atoms with Gasteiger partial charge in [-0.05, 0) is 6.92 Å². The zero-order valence-electron chi connectivity index (χ0n) is 11.0. The molecule has 1 atom stereocenters. The zero-order chi connectivity index (χ0) is 13.7.